The Hall–Kier alpha value is -0.0400. The molecule has 1 heteroatoms. The Bertz CT molecular complexity index is 275. The minimum Gasteiger partial charge on any atom is -0.310 e. The summed E-state index contributed by atoms with van der Waals surface area (Å²) in [4.78, 5) is 0. The zero-order chi connectivity index (χ0) is 12.0. The van der Waals surface area contributed by atoms with Crippen LogP contribution in [0, 0.1) is 29.6 Å². The van der Waals surface area contributed by atoms with Crippen molar-refractivity contribution in [1.82, 2.24) is 5.32 Å². The van der Waals surface area contributed by atoms with E-state index < -0.39 is 0 Å². The first-order chi connectivity index (χ1) is 8.15. The summed E-state index contributed by atoms with van der Waals surface area (Å²) in [5.41, 5.74) is 0. The summed E-state index contributed by atoms with van der Waals surface area (Å²) in [5.74, 6) is 4.81. The van der Waals surface area contributed by atoms with Gasteiger partial charge < -0.3 is 5.32 Å². The molecule has 0 aromatic heterocycles. The predicted octanol–water partition coefficient (Wildman–Crippen LogP) is 3.84. The average molecular weight is 235 g/mol. The summed E-state index contributed by atoms with van der Waals surface area (Å²) in [6, 6.07) is 1.70. The zero-order valence-corrected chi connectivity index (χ0v) is 11.8. The van der Waals surface area contributed by atoms with Gasteiger partial charge in [-0.1, -0.05) is 27.2 Å². The molecule has 7 atom stereocenters. The second-order valence-corrected chi connectivity index (χ2v) is 7.39. The summed E-state index contributed by atoms with van der Waals surface area (Å²) in [6.07, 6.45) is 8.87. The third-order valence-corrected chi connectivity index (χ3v) is 6.22. The molecule has 2 aliphatic carbocycles. The molecule has 98 valence electrons. The van der Waals surface area contributed by atoms with E-state index in [9.17, 15) is 0 Å². The van der Waals surface area contributed by atoms with Gasteiger partial charge in [-0.25, -0.2) is 0 Å². The lowest BCUT2D eigenvalue weighted by atomic mass is 9.63. The molecule has 0 aromatic rings. The van der Waals surface area contributed by atoms with E-state index in [2.05, 4.69) is 26.1 Å². The molecule has 0 radical (unpaired) electrons. The molecule has 1 N–H and O–H groups in total. The van der Waals surface area contributed by atoms with Gasteiger partial charge in [0.2, 0.25) is 0 Å². The van der Waals surface area contributed by atoms with Crippen LogP contribution in [-0.4, -0.2) is 12.1 Å². The minimum absolute atomic E-state index is 0.841. The smallest absolute Gasteiger partial charge is 0.0126 e. The van der Waals surface area contributed by atoms with Gasteiger partial charge in [-0.15, -0.1) is 0 Å². The first-order valence-corrected chi connectivity index (χ1v) is 7.91. The van der Waals surface area contributed by atoms with Gasteiger partial charge in [-0.2, -0.15) is 0 Å². The Morgan fingerprint density at radius 3 is 2.47 bits per heavy atom. The Morgan fingerprint density at radius 2 is 1.65 bits per heavy atom. The maximum atomic E-state index is 4.06. The summed E-state index contributed by atoms with van der Waals surface area (Å²) >= 11 is 0. The molecule has 1 aliphatic heterocycles. The molecular formula is C16H29N. The third kappa shape index (κ3) is 2.16. The molecule has 0 aromatic carbocycles. The lowest BCUT2D eigenvalue weighted by molar-refractivity contribution is 0.0345. The van der Waals surface area contributed by atoms with Crippen molar-refractivity contribution in [3.63, 3.8) is 0 Å². The van der Waals surface area contributed by atoms with Crippen molar-refractivity contribution in [2.75, 3.05) is 0 Å². The van der Waals surface area contributed by atoms with Gasteiger partial charge >= 0.3 is 0 Å². The molecule has 1 saturated heterocycles. The second-order valence-electron chi connectivity index (χ2n) is 7.39. The largest absolute Gasteiger partial charge is 0.310 e. The van der Waals surface area contributed by atoms with E-state index in [1.54, 1.807) is 0 Å². The van der Waals surface area contributed by atoms with Crippen molar-refractivity contribution in [1.29, 1.82) is 0 Å². The molecule has 3 rings (SSSR count). The highest BCUT2D eigenvalue weighted by Crippen LogP contribution is 2.44. The van der Waals surface area contributed by atoms with Crippen molar-refractivity contribution >= 4 is 0 Å². The number of piperidine rings is 1. The van der Waals surface area contributed by atoms with E-state index in [-0.39, 0.29) is 0 Å². The van der Waals surface area contributed by atoms with E-state index >= 15 is 0 Å². The predicted molar refractivity (Wildman–Crippen MR) is 72.9 cm³/mol. The Labute approximate surface area is 107 Å². The van der Waals surface area contributed by atoms with Gasteiger partial charge in [-0.05, 0) is 61.7 Å². The Kier molecular flexibility index (Phi) is 3.23. The summed E-state index contributed by atoms with van der Waals surface area (Å²) in [5, 5.41) is 4.06. The number of hydrogen-bond acceptors (Lipinski definition) is 1. The lowest BCUT2D eigenvalue weighted by Gasteiger charge is -2.51. The average Bonchev–Trinajstić information content (AvgIpc) is 2.32. The first-order valence-electron chi connectivity index (χ1n) is 7.91. The molecule has 3 fully saturated rings. The van der Waals surface area contributed by atoms with Crippen LogP contribution >= 0.6 is 0 Å². The van der Waals surface area contributed by atoms with Gasteiger partial charge in [0, 0.05) is 12.1 Å². The van der Waals surface area contributed by atoms with Crippen LogP contribution in [0.25, 0.3) is 0 Å². The zero-order valence-electron chi connectivity index (χ0n) is 11.8. The highest BCUT2D eigenvalue weighted by atomic mass is 15.0. The molecule has 7 unspecified atom stereocenters. The molecule has 17 heavy (non-hydrogen) atoms. The van der Waals surface area contributed by atoms with Crippen LogP contribution in [0.3, 0.4) is 0 Å². The molecule has 0 bridgehead atoms. The quantitative estimate of drug-likeness (QED) is 0.673. The number of fused-ring (bicyclic) bond motifs is 2. The Balaban J connectivity index is 1.71. The SMILES string of the molecule is CC1CCC2NC3C(CCC(C)C3C)CC2C1. The van der Waals surface area contributed by atoms with Crippen LogP contribution in [0.2, 0.25) is 0 Å². The summed E-state index contributed by atoms with van der Waals surface area (Å²) < 4.78 is 0. The topological polar surface area (TPSA) is 12.0 Å². The summed E-state index contributed by atoms with van der Waals surface area (Å²) in [6.45, 7) is 7.39. The molecule has 1 nitrogen and oxygen atoms in total. The standard InChI is InChI=1S/C16H29N/c1-10-4-7-15-14(8-10)9-13-6-5-11(2)12(3)16(13)17-15/h10-17H,4-9H2,1-3H3. The van der Waals surface area contributed by atoms with E-state index in [1.165, 1.54) is 38.5 Å². The van der Waals surface area contributed by atoms with E-state index in [0.717, 1.165) is 41.7 Å². The van der Waals surface area contributed by atoms with Crippen molar-refractivity contribution in [2.45, 2.75) is 71.4 Å². The van der Waals surface area contributed by atoms with Gasteiger partial charge in [0.05, 0.1) is 0 Å². The van der Waals surface area contributed by atoms with E-state index in [0.29, 0.717) is 0 Å². The highest BCUT2D eigenvalue weighted by molar-refractivity contribution is 4.99. The van der Waals surface area contributed by atoms with Gasteiger partial charge in [0.25, 0.3) is 0 Å². The number of nitrogens with one attached hydrogen (secondary N) is 1. The van der Waals surface area contributed by atoms with Crippen molar-refractivity contribution < 1.29 is 0 Å². The van der Waals surface area contributed by atoms with Gasteiger partial charge in [0.1, 0.15) is 0 Å². The van der Waals surface area contributed by atoms with Crippen molar-refractivity contribution in [3.05, 3.63) is 0 Å². The minimum atomic E-state index is 0.841. The Morgan fingerprint density at radius 1 is 0.824 bits per heavy atom. The fraction of sp³-hybridized carbons (Fsp3) is 1.00. The molecular weight excluding hydrogens is 206 g/mol. The highest BCUT2D eigenvalue weighted by Gasteiger charge is 2.43. The van der Waals surface area contributed by atoms with Gasteiger partial charge in [-0.3, -0.25) is 0 Å². The van der Waals surface area contributed by atoms with Crippen LogP contribution in [0.4, 0.5) is 0 Å². The normalized spacial score (nSPS) is 54.9. The fourth-order valence-corrected chi connectivity index (χ4v) is 4.87. The van der Waals surface area contributed by atoms with Crippen LogP contribution in [0.5, 0.6) is 0 Å². The fourth-order valence-electron chi connectivity index (χ4n) is 4.87. The number of hydrogen-bond donors (Lipinski definition) is 1. The van der Waals surface area contributed by atoms with Crippen molar-refractivity contribution in [3.8, 4) is 0 Å². The molecule has 2 saturated carbocycles. The molecule has 3 aliphatic rings. The van der Waals surface area contributed by atoms with Crippen LogP contribution in [-0.2, 0) is 0 Å². The van der Waals surface area contributed by atoms with E-state index in [1.807, 2.05) is 0 Å². The van der Waals surface area contributed by atoms with Gasteiger partial charge in [0.15, 0.2) is 0 Å². The summed E-state index contributed by atoms with van der Waals surface area (Å²) in [7, 11) is 0. The monoisotopic (exact) mass is 235 g/mol. The second kappa shape index (κ2) is 4.57. The maximum Gasteiger partial charge on any atom is 0.0126 e. The maximum absolute atomic E-state index is 4.06. The van der Waals surface area contributed by atoms with Crippen LogP contribution < -0.4 is 5.32 Å². The van der Waals surface area contributed by atoms with Crippen LogP contribution in [0.1, 0.15) is 59.3 Å². The molecule has 1 heterocycles. The molecule has 0 amide bonds. The number of rotatable bonds is 0. The van der Waals surface area contributed by atoms with E-state index in [4.69, 9.17) is 0 Å². The first kappa shape index (κ1) is 12.0. The molecule has 0 spiro atoms. The lowest BCUT2D eigenvalue weighted by Crippen LogP contribution is -2.58. The third-order valence-electron chi connectivity index (χ3n) is 6.22. The van der Waals surface area contributed by atoms with Crippen molar-refractivity contribution in [2.24, 2.45) is 29.6 Å². The van der Waals surface area contributed by atoms with Crippen LogP contribution in [0.15, 0.2) is 0 Å².